The smallest absolute Gasteiger partial charge is 0.0900 e. The second-order valence-corrected chi connectivity index (χ2v) is 5.59. The molecular weight excluding hydrogens is 272 g/mol. The third-order valence-corrected chi connectivity index (χ3v) is 3.66. The number of aliphatic hydroxyl groups excluding tert-OH is 1. The van der Waals surface area contributed by atoms with Crippen LogP contribution in [0.4, 0.5) is 0 Å². The van der Waals surface area contributed by atoms with Crippen molar-refractivity contribution in [2.45, 2.75) is 26.1 Å². The van der Waals surface area contributed by atoms with Crippen LogP contribution >= 0.6 is 0 Å². The molecule has 6 heteroatoms. The van der Waals surface area contributed by atoms with E-state index in [1.165, 1.54) is 0 Å². The fourth-order valence-corrected chi connectivity index (χ4v) is 2.44. The standard InChI is InChI=1S/C15H32N2O4/c1-4-20-10-9-16-5-7-17(8-6-16)11-15(18)13-21-14(2)12-19-3/h14-15,18H,4-13H2,1-3H3/t14-,15+/m1/s1. The predicted octanol–water partition coefficient (Wildman–Crippen LogP) is 0.0529. The van der Waals surface area contributed by atoms with Crippen molar-refractivity contribution in [3.8, 4) is 0 Å². The Hall–Kier alpha value is -0.240. The van der Waals surface area contributed by atoms with Gasteiger partial charge in [0, 0.05) is 53.0 Å². The van der Waals surface area contributed by atoms with Crippen molar-refractivity contribution in [1.82, 2.24) is 9.80 Å². The van der Waals surface area contributed by atoms with E-state index in [1.54, 1.807) is 7.11 Å². The fourth-order valence-electron chi connectivity index (χ4n) is 2.44. The highest BCUT2D eigenvalue weighted by molar-refractivity contribution is 4.74. The maximum Gasteiger partial charge on any atom is 0.0900 e. The van der Waals surface area contributed by atoms with Crippen LogP contribution in [0.5, 0.6) is 0 Å². The van der Waals surface area contributed by atoms with Crippen LogP contribution in [0.3, 0.4) is 0 Å². The SMILES string of the molecule is CCOCCN1CCN(C[C@H](O)CO[C@H](C)COC)CC1. The molecule has 1 aliphatic rings. The van der Waals surface area contributed by atoms with Crippen molar-refractivity contribution in [2.75, 3.05) is 72.8 Å². The molecule has 0 aromatic carbocycles. The first-order chi connectivity index (χ1) is 10.2. The first-order valence-corrected chi connectivity index (χ1v) is 7.96. The Bertz CT molecular complexity index is 248. The van der Waals surface area contributed by atoms with Crippen molar-refractivity contribution in [3.63, 3.8) is 0 Å². The molecular formula is C15H32N2O4. The number of β-amino-alcohol motifs (C(OH)–C–C–N with tert-alkyl or cyclic N) is 1. The van der Waals surface area contributed by atoms with E-state index in [9.17, 15) is 5.11 Å². The van der Waals surface area contributed by atoms with Gasteiger partial charge in [-0.3, -0.25) is 9.80 Å². The first kappa shape index (κ1) is 18.8. The topological polar surface area (TPSA) is 54.4 Å². The van der Waals surface area contributed by atoms with Gasteiger partial charge in [0.25, 0.3) is 0 Å². The first-order valence-electron chi connectivity index (χ1n) is 7.96. The average Bonchev–Trinajstić information content (AvgIpc) is 2.48. The molecule has 21 heavy (non-hydrogen) atoms. The van der Waals surface area contributed by atoms with Gasteiger partial charge in [-0.15, -0.1) is 0 Å². The molecule has 6 nitrogen and oxygen atoms in total. The highest BCUT2D eigenvalue weighted by atomic mass is 16.5. The molecule has 0 bridgehead atoms. The van der Waals surface area contributed by atoms with Gasteiger partial charge in [0.1, 0.15) is 0 Å². The van der Waals surface area contributed by atoms with Crippen LogP contribution < -0.4 is 0 Å². The number of nitrogens with zero attached hydrogens (tertiary/aromatic N) is 2. The second kappa shape index (κ2) is 11.3. The molecule has 0 unspecified atom stereocenters. The maximum atomic E-state index is 10.0. The Morgan fingerprint density at radius 3 is 2.38 bits per heavy atom. The Balaban J connectivity index is 2.08. The number of rotatable bonds is 11. The third kappa shape index (κ3) is 8.70. The van der Waals surface area contributed by atoms with Crippen molar-refractivity contribution in [3.05, 3.63) is 0 Å². The number of hydrogen-bond acceptors (Lipinski definition) is 6. The summed E-state index contributed by atoms with van der Waals surface area (Å²) < 4.78 is 15.9. The molecule has 0 aromatic heterocycles. The van der Waals surface area contributed by atoms with Gasteiger partial charge in [-0.05, 0) is 13.8 Å². The molecule has 1 rings (SSSR count). The van der Waals surface area contributed by atoms with Gasteiger partial charge in [0.15, 0.2) is 0 Å². The zero-order valence-electron chi connectivity index (χ0n) is 13.8. The highest BCUT2D eigenvalue weighted by Crippen LogP contribution is 2.04. The summed E-state index contributed by atoms with van der Waals surface area (Å²) in [6.07, 6.45) is -0.403. The van der Waals surface area contributed by atoms with Gasteiger partial charge in [0.2, 0.25) is 0 Å². The van der Waals surface area contributed by atoms with Crippen LogP contribution in [-0.2, 0) is 14.2 Å². The van der Waals surface area contributed by atoms with Crippen molar-refractivity contribution < 1.29 is 19.3 Å². The molecule has 0 radical (unpaired) electrons. The molecule has 2 atom stereocenters. The monoisotopic (exact) mass is 304 g/mol. The zero-order valence-corrected chi connectivity index (χ0v) is 13.8. The van der Waals surface area contributed by atoms with Crippen LogP contribution in [0, 0.1) is 0 Å². The molecule has 126 valence electrons. The molecule has 1 saturated heterocycles. The van der Waals surface area contributed by atoms with Crippen molar-refractivity contribution in [1.29, 1.82) is 0 Å². The van der Waals surface area contributed by atoms with E-state index in [0.717, 1.165) is 45.9 Å². The molecule has 0 aliphatic carbocycles. The predicted molar refractivity (Wildman–Crippen MR) is 82.7 cm³/mol. The highest BCUT2D eigenvalue weighted by Gasteiger charge is 2.19. The summed E-state index contributed by atoms with van der Waals surface area (Å²) >= 11 is 0. The largest absolute Gasteiger partial charge is 0.389 e. The fraction of sp³-hybridized carbons (Fsp3) is 1.00. The van der Waals surface area contributed by atoms with Gasteiger partial charge < -0.3 is 19.3 Å². The van der Waals surface area contributed by atoms with Crippen LogP contribution in [0.2, 0.25) is 0 Å². The summed E-state index contributed by atoms with van der Waals surface area (Å²) in [6.45, 7) is 12.3. The minimum absolute atomic E-state index is 0.0278. The molecule has 0 aromatic rings. The van der Waals surface area contributed by atoms with E-state index in [-0.39, 0.29) is 6.10 Å². The number of methoxy groups -OCH3 is 1. The summed E-state index contributed by atoms with van der Waals surface area (Å²) in [6, 6.07) is 0. The van der Waals surface area contributed by atoms with Gasteiger partial charge in [-0.2, -0.15) is 0 Å². The van der Waals surface area contributed by atoms with Crippen LogP contribution in [0.1, 0.15) is 13.8 Å². The number of aliphatic hydroxyl groups is 1. The molecule has 1 heterocycles. The quantitative estimate of drug-likeness (QED) is 0.545. The van der Waals surface area contributed by atoms with E-state index in [2.05, 4.69) is 9.80 Å². The van der Waals surface area contributed by atoms with Gasteiger partial charge in [-0.25, -0.2) is 0 Å². The lowest BCUT2D eigenvalue weighted by Gasteiger charge is -2.35. The third-order valence-electron chi connectivity index (χ3n) is 3.66. The Labute approximate surface area is 128 Å². The zero-order chi connectivity index (χ0) is 15.5. The van der Waals surface area contributed by atoms with Gasteiger partial charge in [0.05, 0.1) is 32.0 Å². The molecule has 1 aliphatic heterocycles. The number of ether oxygens (including phenoxy) is 3. The molecule has 1 fully saturated rings. The number of piperazine rings is 1. The molecule has 0 amide bonds. The van der Waals surface area contributed by atoms with E-state index in [0.29, 0.717) is 19.8 Å². The Morgan fingerprint density at radius 2 is 1.76 bits per heavy atom. The minimum atomic E-state index is -0.431. The van der Waals surface area contributed by atoms with Crippen LogP contribution in [0.15, 0.2) is 0 Å². The lowest BCUT2D eigenvalue weighted by atomic mass is 10.2. The van der Waals surface area contributed by atoms with Gasteiger partial charge >= 0.3 is 0 Å². The average molecular weight is 304 g/mol. The Morgan fingerprint density at radius 1 is 1.10 bits per heavy atom. The summed E-state index contributed by atoms with van der Waals surface area (Å²) in [7, 11) is 1.65. The summed E-state index contributed by atoms with van der Waals surface area (Å²) in [4.78, 5) is 4.71. The normalized spacial score (nSPS) is 20.6. The number of hydrogen-bond donors (Lipinski definition) is 1. The van der Waals surface area contributed by atoms with E-state index >= 15 is 0 Å². The molecule has 0 saturated carbocycles. The molecule has 0 spiro atoms. The molecule has 1 N–H and O–H groups in total. The van der Waals surface area contributed by atoms with E-state index in [1.807, 2.05) is 13.8 Å². The minimum Gasteiger partial charge on any atom is -0.389 e. The van der Waals surface area contributed by atoms with Crippen molar-refractivity contribution >= 4 is 0 Å². The summed E-state index contributed by atoms with van der Waals surface area (Å²) in [5.41, 5.74) is 0. The van der Waals surface area contributed by atoms with Crippen LogP contribution in [-0.4, -0.2) is 99.9 Å². The van der Waals surface area contributed by atoms with Crippen LogP contribution in [0.25, 0.3) is 0 Å². The summed E-state index contributed by atoms with van der Waals surface area (Å²) in [5, 5.41) is 10.0. The van der Waals surface area contributed by atoms with E-state index in [4.69, 9.17) is 14.2 Å². The Kier molecular flexibility index (Phi) is 10.2. The lowest BCUT2D eigenvalue weighted by molar-refractivity contribution is -0.0430. The summed E-state index contributed by atoms with van der Waals surface area (Å²) in [5.74, 6) is 0. The van der Waals surface area contributed by atoms with E-state index < -0.39 is 6.10 Å². The van der Waals surface area contributed by atoms with Crippen molar-refractivity contribution in [2.24, 2.45) is 0 Å². The second-order valence-electron chi connectivity index (χ2n) is 5.59. The van der Waals surface area contributed by atoms with Gasteiger partial charge in [-0.1, -0.05) is 0 Å². The maximum absolute atomic E-state index is 10.0. The lowest BCUT2D eigenvalue weighted by Crippen LogP contribution is -2.49.